The van der Waals surface area contributed by atoms with E-state index in [2.05, 4.69) is 0 Å². The summed E-state index contributed by atoms with van der Waals surface area (Å²) in [6.07, 6.45) is 0. The molecule has 6 nitrogen and oxygen atoms in total. The van der Waals surface area contributed by atoms with Crippen molar-refractivity contribution in [2.75, 3.05) is 41.1 Å². The Labute approximate surface area is 125 Å². The number of phenolic OH excluding ortho intramolecular Hbond substituents is 1. The molecule has 1 unspecified atom stereocenters. The molecule has 0 saturated heterocycles. The number of ether oxygens (including phenoxy) is 3. The Bertz CT molecular complexity index is 463. The second-order valence-corrected chi connectivity index (χ2v) is 4.65. The summed E-state index contributed by atoms with van der Waals surface area (Å²) >= 11 is 0. The second kappa shape index (κ2) is 8.49. The second-order valence-electron chi connectivity index (χ2n) is 4.65. The average Bonchev–Trinajstić information content (AvgIpc) is 2.48. The van der Waals surface area contributed by atoms with E-state index in [1.165, 1.54) is 7.11 Å². The molecule has 118 valence electrons. The number of rotatable bonds is 8. The van der Waals surface area contributed by atoms with Crippen LogP contribution in [0, 0.1) is 0 Å². The molecule has 0 spiro atoms. The van der Waals surface area contributed by atoms with E-state index in [0.29, 0.717) is 19.8 Å². The van der Waals surface area contributed by atoms with Gasteiger partial charge >= 0.3 is 0 Å². The first kappa shape index (κ1) is 17.3. The maximum atomic E-state index is 12.7. The number of carbonyl (C=O) groups is 1. The number of methoxy groups -OCH3 is 3. The average molecular weight is 297 g/mol. The first-order valence-electron chi connectivity index (χ1n) is 6.71. The lowest BCUT2D eigenvalue weighted by Gasteiger charge is -2.29. The SMILES string of the molecule is COCCN(C(=O)c1cccc(OC)c1O)C(C)COC. The molecule has 0 aliphatic rings. The van der Waals surface area contributed by atoms with Crippen molar-refractivity contribution in [3.8, 4) is 11.5 Å². The van der Waals surface area contributed by atoms with Crippen LogP contribution in [0.3, 0.4) is 0 Å². The minimum Gasteiger partial charge on any atom is -0.504 e. The van der Waals surface area contributed by atoms with Gasteiger partial charge in [0.2, 0.25) is 0 Å². The summed E-state index contributed by atoms with van der Waals surface area (Å²) < 4.78 is 15.2. The van der Waals surface area contributed by atoms with Gasteiger partial charge in [0.25, 0.3) is 5.91 Å². The molecule has 0 fully saturated rings. The van der Waals surface area contributed by atoms with Crippen molar-refractivity contribution in [1.82, 2.24) is 4.90 Å². The Kier molecular flexibility index (Phi) is 6.98. The van der Waals surface area contributed by atoms with E-state index in [9.17, 15) is 9.90 Å². The minimum absolute atomic E-state index is 0.136. The Morgan fingerprint density at radius 1 is 1.29 bits per heavy atom. The van der Waals surface area contributed by atoms with Crippen LogP contribution in [0.5, 0.6) is 11.5 Å². The van der Waals surface area contributed by atoms with Gasteiger partial charge in [-0.2, -0.15) is 0 Å². The Morgan fingerprint density at radius 2 is 2.00 bits per heavy atom. The van der Waals surface area contributed by atoms with Crippen molar-refractivity contribution in [1.29, 1.82) is 0 Å². The summed E-state index contributed by atoms with van der Waals surface area (Å²) in [4.78, 5) is 14.3. The summed E-state index contributed by atoms with van der Waals surface area (Å²) in [6, 6.07) is 4.70. The van der Waals surface area contributed by atoms with E-state index in [1.54, 1.807) is 37.3 Å². The summed E-state index contributed by atoms with van der Waals surface area (Å²) in [5.41, 5.74) is 0.202. The van der Waals surface area contributed by atoms with Gasteiger partial charge in [0.1, 0.15) is 0 Å². The fraction of sp³-hybridized carbons (Fsp3) is 0.533. The van der Waals surface area contributed by atoms with E-state index in [-0.39, 0.29) is 29.0 Å². The van der Waals surface area contributed by atoms with Crippen LogP contribution in [0.1, 0.15) is 17.3 Å². The smallest absolute Gasteiger partial charge is 0.258 e. The van der Waals surface area contributed by atoms with E-state index in [0.717, 1.165) is 0 Å². The lowest BCUT2D eigenvalue weighted by molar-refractivity contribution is 0.0476. The van der Waals surface area contributed by atoms with Crippen LogP contribution in [-0.4, -0.2) is 63.0 Å². The molecule has 0 radical (unpaired) electrons. The molecule has 0 saturated carbocycles. The van der Waals surface area contributed by atoms with E-state index >= 15 is 0 Å². The summed E-state index contributed by atoms with van der Waals surface area (Å²) in [5, 5.41) is 10.1. The van der Waals surface area contributed by atoms with Gasteiger partial charge in [-0.1, -0.05) is 6.07 Å². The summed E-state index contributed by atoms with van der Waals surface area (Å²) in [5.74, 6) is -0.169. The van der Waals surface area contributed by atoms with Crippen LogP contribution >= 0.6 is 0 Å². The number of amides is 1. The Balaban J connectivity index is 3.04. The maximum absolute atomic E-state index is 12.7. The molecule has 0 heterocycles. The van der Waals surface area contributed by atoms with Crippen LogP contribution in [0.4, 0.5) is 0 Å². The van der Waals surface area contributed by atoms with Crippen LogP contribution < -0.4 is 4.74 Å². The van der Waals surface area contributed by atoms with Crippen molar-refractivity contribution >= 4 is 5.91 Å². The van der Waals surface area contributed by atoms with Crippen molar-refractivity contribution in [2.45, 2.75) is 13.0 Å². The van der Waals surface area contributed by atoms with Crippen molar-refractivity contribution < 1.29 is 24.1 Å². The number of aromatic hydroxyl groups is 1. The maximum Gasteiger partial charge on any atom is 0.258 e. The molecule has 0 aliphatic carbocycles. The normalized spacial score (nSPS) is 12.0. The molecule has 6 heteroatoms. The quantitative estimate of drug-likeness (QED) is 0.788. The highest BCUT2D eigenvalue weighted by molar-refractivity contribution is 5.97. The zero-order valence-corrected chi connectivity index (χ0v) is 13.0. The van der Waals surface area contributed by atoms with Crippen LogP contribution in [0.25, 0.3) is 0 Å². The molecular formula is C15H23NO5. The standard InChI is InChI=1S/C15H23NO5/c1-11(10-20-3)16(8-9-19-2)15(18)12-6-5-7-13(21-4)14(12)17/h5-7,11,17H,8-10H2,1-4H3. The fourth-order valence-corrected chi connectivity index (χ4v) is 2.06. The number of nitrogens with zero attached hydrogens (tertiary/aromatic N) is 1. The number of hydrogen-bond acceptors (Lipinski definition) is 5. The van der Waals surface area contributed by atoms with Gasteiger partial charge in [-0.3, -0.25) is 4.79 Å². The predicted octanol–water partition coefficient (Wildman–Crippen LogP) is 1.52. The van der Waals surface area contributed by atoms with Gasteiger partial charge in [-0.15, -0.1) is 0 Å². The monoisotopic (exact) mass is 297 g/mol. The molecule has 1 aromatic carbocycles. The molecule has 1 rings (SSSR count). The largest absolute Gasteiger partial charge is 0.504 e. The number of benzene rings is 1. The molecule has 1 aromatic rings. The van der Waals surface area contributed by atoms with Crippen molar-refractivity contribution in [2.24, 2.45) is 0 Å². The van der Waals surface area contributed by atoms with Gasteiger partial charge < -0.3 is 24.2 Å². The minimum atomic E-state index is -0.284. The highest BCUT2D eigenvalue weighted by Crippen LogP contribution is 2.30. The van der Waals surface area contributed by atoms with E-state index in [1.807, 2.05) is 6.92 Å². The molecular weight excluding hydrogens is 274 g/mol. The van der Waals surface area contributed by atoms with Gasteiger partial charge in [0.05, 0.1) is 31.9 Å². The lowest BCUT2D eigenvalue weighted by Crippen LogP contribution is -2.43. The number of para-hydroxylation sites is 1. The van der Waals surface area contributed by atoms with Gasteiger partial charge in [0.15, 0.2) is 11.5 Å². The number of hydrogen-bond donors (Lipinski definition) is 1. The van der Waals surface area contributed by atoms with Crippen LogP contribution in [0.2, 0.25) is 0 Å². The first-order chi connectivity index (χ1) is 10.1. The third-order valence-corrected chi connectivity index (χ3v) is 3.19. The number of carbonyl (C=O) groups excluding carboxylic acids is 1. The highest BCUT2D eigenvalue weighted by atomic mass is 16.5. The highest BCUT2D eigenvalue weighted by Gasteiger charge is 2.24. The molecule has 1 amide bonds. The molecule has 21 heavy (non-hydrogen) atoms. The fourth-order valence-electron chi connectivity index (χ4n) is 2.06. The molecule has 1 atom stereocenters. The molecule has 0 aromatic heterocycles. The predicted molar refractivity (Wildman–Crippen MR) is 78.9 cm³/mol. The first-order valence-corrected chi connectivity index (χ1v) is 6.71. The Hall–Kier alpha value is -1.79. The molecule has 0 bridgehead atoms. The number of phenols is 1. The van der Waals surface area contributed by atoms with E-state index < -0.39 is 0 Å². The summed E-state index contributed by atoms with van der Waals surface area (Å²) in [6.45, 7) is 3.11. The topological polar surface area (TPSA) is 68.2 Å². The zero-order chi connectivity index (χ0) is 15.8. The van der Waals surface area contributed by atoms with Crippen LogP contribution in [-0.2, 0) is 9.47 Å². The summed E-state index contributed by atoms with van der Waals surface area (Å²) in [7, 11) is 4.60. The van der Waals surface area contributed by atoms with Gasteiger partial charge in [-0.05, 0) is 19.1 Å². The third kappa shape index (κ3) is 4.34. The third-order valence-electron chi connectivity index (χ3n) is 3.19. The lowest BCUT2D eigenvalue weighted by atomic mass is 10.1. The molecule has 1 N–H and O–H groups in total. The zero-order valence-electron chi connectivity index (χ0n) is 13.0. The van der Waals surface area contributed by atoms with Gasteiger partial charge in [0, 0.05) is 20.8 Å². The van der Waals surface area contributed by atoms with Gasteiger partial charge in [-0.25, -0.2) is 0 Å². The van der Waals surface area contributed by atoms with E-state index in [4.69, 9.17) is 14.2 Å². The molecule has 0 aliphatic heterocycles. The van der Waals surface area contributed by atoms with Crippen LogP contribution in [0.15, 0.2) is 18.2 Å². The van der Waals surface area contributed by atoms with Crippen molar-refractivity contribution in [3.63, 3.8) is 0 Å². The Morgan fingerprint density at radius 3 is 2.57 bits per heavy atom. The van der Waals surface area contributed by atoms with Crippen molar-refractivity contribution in [3.05, 3.63) is 23.8 Å².